The van der Waals surface area contributed by atoms with Crippen LogP contribution in [0.25, 0.3) is 0 Å². The second-order valence-electron chi connectivity index (χ2n) is 5.77. The molecule has 0 amide bonds. The lowest BCUT2D eigenvalue weighted by Crippen LogP contribution is -2.40. The van der Waals surface area contributed by atoms with Gasteiger partial charge < -0.3 is 14.8 Å². The van der Waals surface area contributed by atoms with Gasteiger partial charge in [-0.2, -0.15) is 0 Å². The Balaban J connectivity index is 1.94. The van der Waals surface area contributed by atoms with Crippen molar-refractivity contribution in [1.29, 1.82) is 0 Å². The third-order valence-electron chi connectivity index (χ3n) is 3.63. The Morgan fingerprint density at radius 3 is 2.89 bits per heavy atom. The molecule has 0 bridgehead atoms. The van der Waals surface area contributed by atoms with Gasteiger partial charge in [-0.25, -0.2) is 0 Å². The molecule has 6 nitrogen and oxygen atoms in total. The molecule has 2 rings (SSSR count). The van der Waals surface area contributed by atoms with Crippen molar-refractivity contribution in [3.05, 3.63) is 12.2 Å². The molecule has 2 heterocycles. The maximum absolute atomic E-state index is 4.36. The number of likely N-dealkylation sites (tertiary alicyclic amines) is 1. The Bertz CT molecular complexity index is 448. The maximum atomic E-state index is 4.36. The number of hydrogen-bond acceptors (Lipinski definition) is 3. The van der Waals surface area contributed by atoms with Gasteiger partial charge in [-0.05, 0) is 18.8 Å². The van der Waals surface area contributed by atoms with E-state index in [1.165, 1.54) is 6.42 Å². The SMILES string of the molecule is CCn1cnnc1CNC(=NC)N1CCC(C)(C)C1. The van der Waals surface area contributed by atoms with Crippen LogP contribution < -0.4 is 5.32 Å². The van der Waals surface area contributed by atoms with Gasteiger partial charge in [0.1, 0.15) is 6.33 Å². The van der Waals surface area contributed by atoms with E-state index in [4.69, 9.17) is 0 Å². The van der Waals surface area contributed by atoms with E-state index in [0.717, 1.165) is 31.4 Å². The summed E-state index contributed by atoms with van der Waals surface area (Å²) < 4.78 is 2.04. The maximum Gasteiger partial charge on any atom is 0.194 e. The van der Waals surface area contributed by atoms with Gasteiger partial charge in [0.05, 0.1) is 6.54 Å². The van der Waals surface area contributed by atoms with Crippen molar-refractivity contribution in [3.8, 4) is 0 Å². The molecular weight excluding hydrogens is 240 g/mol. The molecule has 19 heavy (non-hydrogen) atoms. The van der Waals surface area contributed by atoms with E-state index < -0.39 is 0 Å². The first-order chi connectivity index (χ1) is 9.05. The Hall–Kier alpha value is -1.59. The van der Waals surface area contributed by atoms with Crippen LogP contribution in [0, 0.1) is 5.41 Å². The van der Waals surface area contributed by atoms with Crippen molar-refractivity contribution < 1.29 is 0 Å². The molecule has 1 aliphatic rings. The highest BCUT2D eigenvalue weighted by molar-refractivity contribution is 5.80. The molecule has 6 heteroatoms. The summed E-state index contributed by atoms with van der Waals surface area (Å²) in [4.78, 5) is 6.68. The Morgan fingerprint density at radius 2 is 2.32 bits per heavy atom. The molecule has 0 saturated carbocycles. The number of nitrogens with one attached hydrogen (secondary N) is 1. The summed E-state index contributed by atoms with van der Waals surface area (Å²) in [5.41, 5.74) is 0.376. The molecule has 106 valence electrons. The van der Waals surface area contributed by atoms with Crippen LogP contribution >= 0.6 is 0 Å². The zero-order chi connectivity index (χ0) is 13.9. The lowest BCUT2D eigenvalue weighted by Gasteiger charge is -2.23. The molecule has 1 saturated heterocycles. The summed E-state index contributed by atoms with van der Waals surface area (Å²) in [6.07, 6.45) is 2.97. The van der Waals surface area contributed by atoms with E-state index in [9.17, 15) is 0 Å². The first kappa shape index (κ1) is 13.8. The Kier molecular flexibility index (Phi) is 4.07. The second kappa shape index (κ2) is 5.59. The summed E-state index contributed by atoms with van der Waals surface area (Å²) in [6.45, 7) is 10.4. The predicted octanol–water partition coefficient (Wildman–Crippen LogP) is 1.11. The molecule has 1 N–H and O–H groups in total. The van der Waals surface area contributed by atoms with Gasteiger partial charge in [-0.1, -0.05) is 13.8 Å². The number of aliphatic imine (C=N–C) groups is 1. The molecule has 0 aromatic carbocycles. The van der Waals surface area contributed by atoms with Crippen LogP contribution in [0.1, 0.15) is 33.0 Å². The number of aromatic nitrogens is 3. The molecule has 0 aliphatic carbocycles. The lowest BCUT2D eigenvalue weighted by molar-refractivity contribution is 0.369. The summed E-state index contributed by atoms with van der Waals surface area (Å²) in [5, 5.41) is 11.4. The minimum absolute atomic E-state index is 0.376. The van der Waals surface area contributed by atoms with E-state index in [0.29, 0.717) is 12.0 Å². The molecule has 1 aliphatic heterocycles. The van der Waals surface area contributed by atoms with Gasteiger partial charge in [0.2, 0.25) is 0 Å². The number of aryl methyl sites for hydroxylation is 1. The third kappa shape index (κ3) is 3.24. The van der Waals surface area contributed by atoms with E-state index in [1.54, 1.807) is 6.33 Å². The quantitative estimate of drug-likeness (QED) is 0.656. The highest BCUT2D eigenvalue weighted by Gasteiger charge is 2.30. The van der Waals surface area contributed by atoms with Crippen LogP contribution in [0.2, 0.25) is 0 Å². The van der Waals surface area contributed by atoms with Gasteiger partial charge in [0.25, 0.3) is 0 Å². The summed E-state index contributed by atoms with van der Waals surface area (Å²) in [7, 11) is 1.83. The fourth-order valence-corrected chi connectivity index (χ4v) is 2.46. The Labute approximate surface area is 114 Å². The number of nitrogens with zero attached hydrogens (tertiary/aromatic N) is 5. The largest absolute Gasteiger partial charge is 0.349 e. The lowest BCUT2D eigenvalue weighted by atomic mass is 9.93. The minimum atomic E-state index is 0.376. The normalized spacial score (nSPS) is 18.9. The molecule has 1 fully saturated rings. The zero-order valence-electron chi connectivity index (χ0n) is 12.3. The minimum Gasteiger partial charge on any atom is -0.349 e. The second-order valence-corrected chi connectivity index (χ2v) is 5.77. The predicted molar refractivity (Wildman–Crippen MR) is 75.9 cm³/mol. The van der Waals surface area contributed by atoms with E-state index in [1.807, 2.05) is 11.6 Å². The van der Waals surface area contributed by atoms with E-state index in [-0.39, 0.29) is 0 Å². The smallest absolute Gasteiger partial charge is 0.194 e. The van der Waals surface area contributed by atoms with Crippen LogP contribution in [0.4, 0.5) is 0 Å². The standard InChI is InChI=1S/C13H24N6/c1-5-18-10-16-17-11(18)8-15-12(14-4)19-7-6-13(2,3)9-19/h10H,5-9H2,1-4H3,(H,14,15). The number of hydrogen-bond donors (Lipinski definition) is 1. The van der Waals surface area contributed by atoms with Crippen LogP contribution in [0.5, 0.6) is 0 Å². The first-order valence-corrected chi connectivity index (χ1v) is 6.88. The van der Waals surface area contributed by atoms with Crippen molar-refractivity contribution in [2.75, 3.05) is 20.1 Å². The Morgan fingerprint density at radius 1 is 1.53 bits per heavy atom. The zero-order valence-corrected chi connectivity index (χ0v) is 12.3. The first-order valence-electron chi connectivity index (χ1n) is 6.88. The molecule has 1 aromatic heterocycles. The number of guanidine groups is 1. The van der Waals surface area contributed by atoms with E-state index >= 15 is 0 Å². The highest BCUT2D eigenvalue weighted by atomic mass is 15.3. The monoisotopic (exact) mass is 264 g/mol. The molecule has 0 atom stereocenters. The van der Waals surface area contributed by atoms with E-state index in [2.05, 4.69) is 46.2 Å². The average molecular weight is 264 g/mol. The van der Waals surface area contributed by atoms with Crippen molar-refractivity contribution in [1.82, 2.24) is 25.0 Å². The van der Waals surface area contributed by atoms with Crippen LogP contribution in [0.15, 0.2) is 11.3 Å². The van der Waals surface area contributed by atoms with Gasteiger partial charge in [0, 0.05) is 26.7 Å². The highest BCUT2D eigenvalue weighted by Crippen LogP contribution is 2.28. The van der Waals surface area contributed by atoms with Crippen molar-refractivity contribution in [2.24, 2.45) is 10.4 Å². The third-order valence-corrected chi connectivity index (χ3v) is 3.63. The average Bonchev–Trinajstić information content (AvgIpc) is 2.96. The van der Waals surface area contributed by atoms with Crippen LogP contribution in [-0.4, -0.2) is 45.8 Å². The van der Waals surface area contributed by atoms with Gasteiger partial charge >= 0.3 is 0 Å². The van der Waals surface area contributed by atoms with Crippen molar-refractivity contribution >= 4 is 5.96 Å². The summed E-state index contributed by atoms with van der Waals surface area (Å²) >= 11 is 0. The van der Waals surface area contributed by atoms with Crippen LogP contribution in [-0.2, 0) is 13.1 Å². The van der Waals surface area contributed by atoms with Gasteiger partial charge in [0.15, 0.2) is 11.8 Å². The molecule has 0 spiro atoms. The molecule has 1 aromatic rings. The fourth-order valence-electron chi connectivity index (χ4n) is 2.46. The summed E-state index contributed by atoms with van der Waals surface area (Å²) in [6, 6.07) is 0. The molecular formula is C13H24N6. The van der Waals surface area contributed by atoms with Crippen molar-refractivity contribution in [2.45, 2.75) is 40.3 Å². The fraction of sp³-hybridized carbons (Fsp3) is 0.769. The molecule has 0 unspecified atom stereocenters. The molecule has 0 radical (unpaired) electrons. The topological polar surface area (TPSA) is 58.3 Å². The van der Waals surface area contributed by atoms with Gasteiger partial charge in [-0.3, -0.25) is 4.99 Å². The number of rotatable bonds is 3. The van der Waals surface area contributed by atoms with Crippen LogP contribution in [0.3, 0.4) is 0 Å². The summed E-state index contributed by atoms with van der Waals surface area (Å²) in [5.74, 6) is 1.90. The van der Waals surface area contributed by atoms with Gasteiger partial charge in [-0.15, -0.1) is 10.2 Å². The van der Waals surface area contributed by atoms with Crippen molar-refractivity contribution in [3.63, 3.8) is 0 Å².